The third-order valence-electron chi connectivity index (χ3n) is 2.94. The van der Waals surface area contributed by atoms with E-state index in [1.54, 1.807) is 24.7 Å². The molecule has 0 N–H and O–H groups in total. The molecule has 0 bridgehead atoms. The number of benzene rings is 1. The van der Waals surface area contributed by atoms with Gasteiger partial charge in [0.15, 0.2) is 5.82 Å². The molecule has 0 saturated carbocycles. The van der Waals surface area contributed by atoms with Gasteiger partial charge in [-0.2, -0.15) is 15.3 Å². The molecule has 3 aromatic rings. The summed E-state index contributed by atoms with van der Waals surface area (Å²) in [6.07, 6.45) is 4.50. The second kappa shape index (κ2) is 7.65. The lowest BCUT2D eigenvalue weighted by molar-refractivity contribution is 0.684. The zero-order valence-corrected chi connectivity index (χ0v) is 12.3. The molecule has 2 aromatic heterocycles. The first kappa shape index (κ1) is 14.6. The summed E-state index contributed by atoms with van der Waals surface area (Å²) in [5.41, 5.74) is 1.57. The average Bonchev–Trinajstić information content (AvgIpc) is 2.64. The maximum Gasteiger partial charge on any atom is 0.208 e. The summed E-state index contributed by atoms with van der Waals surface area (Å²) in [6, 6.07) is 18.7. The zero-order valence-electron chi connectivity index (χ0n) is 12.3. The van der Waals surface area contributed by atoms with Crippen LogP contribution in [0.4, 0.5) is 11.5 Å². The molecule has 112 valence electrons. The van der Waals surface area contributed by atoms with Crippen molar-refractivity contribution in [3.63, 3.8) is 0 Å². The van der Waals surface area contributed by atoms with E-state index in [2.05, 4.69) is 30.4 Å². The van der Waals surface area contributed by atoms with Gasteiger partial charge >= 0.3 is 0 Å². The predicted molar refractivity (Wildman–Crippen MR) is 86.7 cm³/mol. The van der Waals surface area contributed by atoms with Gasteiger partial charge in [-0.25, -0.2) is 4.98 Å². The van der Waals surface area contributed by atoms with Gasteiger partial charge < -0.3 is 0 Å². The third kappa shape index (κ3) is 4.34. The van der Waals surface area contributed by atoms with Crippen LogP contribution in [0.2, 0.25) is 0 Å². The molecule has 0 aliphatic carbocycles. The van der Waals surface area contributed by atoms with Crippen LogP contribution in [0.3, 0.4) is 0 Å². The average molecular weight is 302 g/mol. The minimum Gasteiger partial charge on any atom is -0.264 e. The van der Waals surface area contributed by atoms with E-state index in [4.69, 9.17) is 0 Å². The van der Waals surface area contributed by atoms with Crippen molar-refractivity contribution in [1.29, 1.82) is 0 Å². The van der Waals surface area contributed by atoms with E-state index in [0.717, 1.165) is 11.3 Å². The van der Waals surface area contributed by atoms with Crippen molar-refractivity contribution in [2.24, 2.45) is 20.5 Å². The SMILES string of the molecule is c1ccc(N=NC(N=Nc2ccccn2)c2cccnc2)cc1. The van der Waals surface area contributed by atoms with Crippen LogP contribution >= 0.6 is 0 Å². The summed E-state index contributed by atoms with van der Waals surface area (Å²) in [6.45, 7) is 0. The van der Waals surface area contributed by atoms with Crippen LogP contribution in [0.1, 0.15) is 11.7 Å². The maximum absolute atomic E-state index is 4.28. The van der Waals surface area contributed by atoms with Crippen molar-refractivity contribution in [2.45, 2.75) is 6.17 Å². The van der Waals surface area contributed by atoms with Crippen LogP contribution in [-0.4, -0.2) is 9.97 Å². The summed E-state index contributed by atoms with van der Waals surface area (Å²) in [5, 5.41) is 16.9. The smallest absolute Gasteiger partial charge is 0.208 e. The molecule has 0 saturated heterocycles. The fourth-order valence-corrected chi connectivity index (χ4v) is 1.83. The maximum atomic E-state index is 4.28. The van der Waals surface area contributed by atoms with E-state index in [9.17, 15) is 0 Å². The van der Waals surface area contributed by atoms with Crippen LogP contribution in [0.25, 0.3) is 0 Å². The fourth-order valence-electron chi connectivity index (χ4n) is 1.83. The van der Waals surface area contributed by atoms with E-state index in [-0.39, 0.29) is 0 Å². The Morgan fingerprint density at radius 1 is 0.739 bits per heavy atom. The molecule has 6 nitrogen and oxygen atoms in total. The first-order chi connectivity index (χ1) is 11.4. The number of aromatic nitrogens is 2. The normalized spacial score (nSPS) is 12.7. The van der Waals surface area contributed by atoms with Gasteiger partial charge in [0.05, 0.1) is 5.69 Å². The Balaban J connectivity index is 1.85. The van der Waals surface area contributed by atoms with E-state index in [0.29, 0.717) is 5.82 Å². The van der Waals surface area contributed by atoms with Gasteiger partial charge in [0.25, 0.3) is 0 Å². The Bertz CT molecular complexity index is 722. The Morgan fingerprint density at radius 2 is 1.57 bits per heavy atom. The van der Waals surface area contributed by atoms with Gasteiger partial charge in [0.2, 0.25) is 6.17 Å². The number of hydrogen-bond acceptors (Lipinski definition) is 6. The van der Waals surface area contributed by atoms with Crippen molar-refractivity contribution < 1.29 is 0 Å². The molecule has 0 aliphatic heterocycles. The molecule has 0 amide bonds. The molecule has 6 heteroatoms. The molecular weight excluding hydrogens is 288 g/mol. The predicted octanol–water partition coefficient (Wildman–Crippen LogP) is 5.04. The summed E-state index contributed by atoms with van der Waals surface area (Å²) in [7, 11) is 0. The number of rotatable bonds is 5. The Kier molecular flexibility index (Phi) is 4.87. The molecule has 0 spiro atoms. The molecule has 23 heavy (non-hydrogen) atoms. The van der Waals surface area contributed by atoms with Gasteiger partial charge in [0.1, 0.15) is 0 Å². The standard InChI is InChI=1S/C17H14N6/c1-2-8-15(9-3-1)20-22-17(14-7-6-11-18-13-14)23-21-16-10-4-5-12-19-16/h1-13,17H. The van der Waals surface area contributed by atoms with Crippen molar-refractivity contribution in [3.05, 3.63) is 84.8 Å². The molecular formula is C17H14N6. The highest BCUT2D eigenvalue weighted by Gasteiger charge is 2.09. The highest BCUT2D eigenvalue weighted by Crippen LogP contribution is 2.23. The minimum absolute atomic E-state index is 0.524. The van der Waals surface area contributed by atoms with Crippen molar-refractivity contribution in [2.75, 3.05) is 0 Å². The monoisotopic (exact) mass is 302 g/mol. The van der Waals surface area contributed by atoms with E-state index >= 15 is 0 Å². The van der Waals surface area contributed by atoms with Crippen molar-refractivity contribution in [3.8, 4) is 0 Å². The van der Waals surface area contributed by atoms with Gasteiger partial charge in [-0.1, -0.05) is 30.3 Å². The molecule has 3 rings (SSSR count). The summed E-state index contributed by atoms with van der Waals surface area (Å²) in [4.78, 5) is 8.21. The quantitative estimate of drug-likeness (QED) is 0.619. The van der Waals surface area contributed by atoms with Crippen LogP contribution in [0, 0.1) is 0 Å². The topological polar surface area (TPSA) is 75.2 Å². The third-order valence-corrected chi connectivity index (χ3v) is 2.94. The largest absolute Gasteiger partial charge is 0.264 e. The Hall–Kier alpha value is -3.28. The number of pyridine rings is 2. The van der Waals surface area contributed by atoms with Gasteiger partial charge in [-0.15, -0.1) is 5.11 Å². The number of hydrogen-bond donors (Lipinski definition) is 0. The van der Waals surface area contributed by atoms with E-state index in [1.807, 2.05) is 54.6 Å². The van der Waals surface area contributed by atoms with Crippen molar-refractivity contribution in [1.82, 2.24) is 9.97 Å². The summed E-state index contributed by atoms with van der Waals surface area (Å²) >= 11 is 0. The van der Waals surface area contributed by atoms with Crippen LogP contribution in [-0.2, 0) is 0 Å². The summed E-state index contributed by atoms with van der Waals surface area (Å²) in [5.74, 6) is 0.524. The Morgan fingerprint density at radius 3 is 2.30 bits per heavy atom. The van der Waals surface area contributed by atoms with Gasteiger partial charge in [-0.05, 0) is 30.3 Å². The molecule has 1 aromatic carbocycles. The second-order valence-electron chi connectivity index (χ2n) is 4.61. The van der Waals surface area contributed by atoms with Crippen LogP contribution in [0.15, 0.2) is 99.7 Å². The molecule has 0 radical (unpaired) electrons. The zero-order chi connectivity index (χ0) is 15.7. The van der Waals surface area contributed by atoms with Crippen LogP contribution < -0.4 is 0 Å². The summed E-state index contributed by atoms with van der Waals surface area (Å²) < 4.78 is 0. The highest BCUT2D eigenvalue weighted by atomic mass is 15.3. The molecule has 2 heterocycles. The number of nitrogens with zero attached hydrogens (tertiary/aromatic N) is 6. The molecule has 0 fully saturated rings. The van der Waals surface area contributed by atoms with E-state index < -0.39 is 6.17 Å². The molecule has 1 atom stereocenters. The van der Waals surface area contributed by atoms with Crippen LogP contribution in [0.5, 0.6) is 0 Å². The lowest BCUT2D eigenvalue weighted by Crippen LogP contribution is -1.91. The number of azo groups is 2. The molecule has 0 aliphatic rings. The van der Waals surface area contributed by atoms with Gasteiger partial charge in [0, 0.05) is 24.2 Å². The lowest BCUT2D eigenvalue weighted by Gasteiger charge is -2.04. The first-order valence-electron chi connectivity index (χ1n) is 7.09. The minimum atomic E-state index is -0.564. The second-order valence-corrected chi connectivity index (χ2v) is 4.61. The first-order valence-corrected chi connectivity index (χ1v) is 7.09. The van der Waals surface area contributed by atoms with E-state index in [1.165, 1.54) is 0 Å². The Labute approximate surface area is 133 Å². The van der Waals surface area contributed by atoms with Gasteiger partial charge in [-0.3, -0.25) is 4.98 Å². The molecule has 1 unspecified atom stereocenters. The fraction of sp³-hybridized carbons (Fsp3) is 0.0588. The lowest BCUT2D eigenvalue weighted by atomic mass is 10.2. The highest BCUT2D eigenvalue weighted by molar-refractivity contribution is 5.34. The van der Waals surface area contributed by atoms with Crippen molar-refractivity contribution >= 4 is 11.5 Å².